The van der Waals surface area contributed by atoms with Crippen LogP contribution in [0.2, 0.25) is 0 Å². The van der Waals surface area contributed by atoms with E-state index in [1.165, 1.54) is 13.4 Å². The summed E-state index contributed by atoms with van der Waals surface area (Å²) in [6.45, 7) is 5.22. The molecule has 0 aliphatic heterocycles. The molecule has 7 heteroatoms. The number of esters is 1. The van der Waals surface area contributed by atoms with Crippen LogP contribution in [0.4, 0.5) is 4.79 Å². The number of rotatable bonds is 4. The molecule has 0 unspecified atom stereocenters. The van der Waals surface area contributed by atoms with Gasteiger partial charge in [-0.05, 0) is 26.8 Å². The first-order valence-electron chi connectivity index (χ1n) is 6.14. The lowest BCUT2D eigenvalue weighted by atomic mass is 10.1. The molecule has 7 nitrogen and oxygen atoms in total. The normalized spacial score (nSPS) is 12.4. The standard InChI is InChI=1S/C13H19N3O4/c1-13(2,3)20-12(18)16-10(11(17)19-4)7-9-5-6-14-8-15-9/h5-6,8,10H,7H2,1-4H3,(H,16,18)/t10-/m1/s1. The van der Waals surface area contributed by atoms with Crippen molar-refractivity contribution in [2.24, 2.45) is 0 Å². The molecule has 0 fully saturated rings. The zero-order chi connectivity index (χ0) is 15.2. The third-order valence-electron chi connectivity index (χ3n) is 2.23. The lowest BCUT2D eigenvalue weighted by Gasteiger charge is -2.22. The summed E-state index contributed by atoms with van der Waals surface area (Å²) in [5.74, 6) is -0.561. The summed E-state index contributed by atoms with van der Waals surface area (Å²) in [7, 11) is 1.26. The second kappa shape index (κ2) is 6.83. The molecule has 0 spiro atoms. The maximum absolute atomic E-state index is 11.7. The van der Waals surface area contributed by atoms with Gasteiger partial charge in [0, 0.05) is 18.3 Å². The maximum atomic E-state index is 11.7. The van der Waals surface area contributed by atoms with Crippen molar-refractivity contribution in [1.29, 1.82) is 0 Å². The summed E-state index contributed by atoms with van der Waals surface area (Å²) < 4.78 is 9.77. The monoisotopic (exact) mass is 281 g/mol. The van der Waals surface area contributed by atoms with Crippen LogP contribution in [0.15, 0.2) is 18.6 Å². The number of aromatic nitrogens is 2. The van der Waals surface area contributed by atoms with E-state index in [0.717, 1.165) is 0 Å². The predicted octanol–water partition coefficient (Wildman–Crippen LogP) is 1.09. The summed E-state index contributed by atoms with van der Waals surface area (Å²) in [5, 5.41) is 2.48. The fourth-order valence-electron chi connectivity index (χ4n) is 1.43. The number of alkyl carbamates (subject to hydrolysis) is 1. The van der Waals surface area contributed by atoms with Gasteiger partial charge in [-0.15, -0.1) is 0 Å². The van der Waals surface area contributed by atoms with Crippen LogP contribution in [0.25, 0.3) is 0 Å². The fraction of sp³-hybridized carbons (Fsp3) is 0.538. The van der Waals surface area contributed by atoms with Crippen molar-refractivity contribution in [3.63, 3.8) is 0 Å². The van der Waals surface area contributed by atoms with Gasteiger partial charge in [-0.1, -0.05) is 0 Å². The summed E-state index contributed by atoms with van der Waals surface area (Å²) in [6.07, 6.45) is 2.46. The summed E-state index contributed by atoms with van der Waals surface area (Å²) in [5.41, 5.74) is -0.0221. The molecule has 1 rings (SSSR count). The van der Waals surface area contributed by atoms with Gasteiger partial charge in [0.1, 0.15) is 18.0 Å². The molecule has 110 valence electrons. The number of amides is 1. The Morgan fingerprint density at radius 3 is 2.60 bits per heavy atom. The molecule has 0 aliphatic carbocycles. The molecule has 1 atom stereocenters. The molecule has 1 aromatic rings. The summed E-state index contributed by atoms with van der Waals surface area (Å²) in [6, 6.07) is 0.803. The first kappa shape index (κ1) is 15.9. The van der Waals surface area contributed by atoms with Crippen LogP contribution in [0.5, 0.6) is 0 Å². The van der Waals surface area contributed by atoms with E-state index in [1.54, 1.807) is 33.0 Å². The van der Waals surface area contributed by atoms with E-state index in [1.807, 2.05) is 0 Å². The van der Waals surface area contributed by atoms with E-state index in [9.17, 15) is 9.59 Å². The SMILES string of the molecule is COC(=O)[C@@H](Cc1ccncn1)NC(=O)OC(C)(C)C. The largest absolute Gasteiger partial charge is 0.467 e. The van der Waals surface area contributed by atoms with Gasteiger partial charge < -0.3 is 14.8 Å². The highest BCUT2D eigenvalue weighted by molar-refractivity contribution is 5.81. The van der Waals surface area contributed by atoms with Crippen molar-refractivity contribution in [3.05, 3.63) is 24.3 Å². The van der Waals surface area contributed by atoms with Crippen LogP contribution >= 0.6 is 0 Å². The van der Waals surface area contributed by atoms with Crippen molar-refractivity contribution in [2.75, 3.05) is 7.11 Å². The van der Waals surface area contributed by atoms with Crippen LogP contribution in [0, 0.1) is 0 Å². The second-order valence-electron chi connectivity index (χ2n) is 5.13. The highest BCUT2D eigenvalue weighted by Gasteiger charge is 2.25. The lowest BCUT2D eigenvalue weighted by molar-refractivity contribution is -0.143. The van der Waals surface area contributed by atoms with E-state index in [-0.39, 0.29) is 6.42 Å². The Bertz CT molecular complexity index is 456. The van der Waals surface area contributed by atoms with Crippen molar-refractivity contribution in [1.82, 2.24) is 15.3 Å². The number of nitrogens with zero attached hydrogens (tertiary/aromatic N) is 2. The maximum Gasteiger partial charge on any atom is 0.408 e. The Hall–Kier alpha value is -2.18. The Morgan fingerprint density at radius 2 is 2.10 bits per heavy atom. The minimum Gasteiger partial charge on any atom is -0.467 e. The Morgan fingerprint density at radius 1 is 1.40 bits per heavy atom. The number of carbonyl (C=O) groups excluding carboxylic acids is 2. The molecular weight excluding hydrogens is 262 g/mol. The molecule has 0 bridgehead atoms. The molecule has 0 radical (unpaired) electrons. The predicted molar refractivity (Wildman–Crippen MR) is 70.9 cm³/mol. The van der Waals surface area contributed by atoms with Crippen molar-refractivity contribution in [3.8, 4) is 0 Å². The molecule has 1 amide bonds. The molecule has 1 N–H and O–H groups in total. The minimum atomic E-state index is -0.857. The average Bonchev–Trinajstić information content (AvgIpc) is 2.36. The average molecular weight is 281 g/mol. The van der Waals surface area contributed by atoms with Crippen molar-refractivity contribution in [2.45, 2.75) is 38.8 Å². The first-order chi connectivity index (χ1) is 9.31. The number of ether oxygens (including phenoxy) is 2. The van der Waals surface area contributed by atoms with Gasteiger partial charge in [0.2, 0.25) is 0 Å². The lowest BCUT2D eigenvalue weighted by Crippen LogP contribution is -2.45. The number of hydrogen-bond donors (Lipinski definition) is 1. The zero-order valence-electron chi connectivity index (χ0n) is 12.0. The Kier molecular flexibility index (Phi) is 5.42. The molecule has 0 aromatic carbocycles. The third kappa shape index (κ3) is 5.64. The highest BCUT2D eigenvalue weighted by atomic mass is 16.6. The van der Waals surface area contributed by atoms with E-state index < -0.39 is 23.7 Å². The number of hydrogen-bond acceptors (Lipinski definition) is 6. The minimum absolute atomic E-state index is 0.203. The van der Waals surface area contributed by atoms with Crippen LogP contribution in [-0.4, -0.2) is 40.8 Å². The van der Waals surface area contributed by atoms with Crippen LogP contribution in [0.1, 0.15) is 26.5 Å². The zero-order valence-corrected chi connectivity index (χ0v) is 12.0. The van der Waals surface area contributed by atoms with Crippen LogP contribution in [0.3, 0.4) is 0 Å². The van der Waals surface area contributed by atoms with E-state index in [2.05, 4.69) is 20.0 Å². The molecular formula is C13H19N3O4. The van der Waals surface area contributed by atoms with Gasteiger partial charge in [-0.2, -0.15) is 0 Å². The van der Waals surface area contributed by atoms with Gasteiger partial charge in [-0.25, -0.2) is 19.6 Å². The Labute approximate surface area is 117 Å². The van der Waals surface area contributed by atoms with E-state index >= 15 is 0 Å². The molecule has 0 aliphatic rings. The highest BCUT2D eigenvalue weighted by Crippen LogP contribution is 2.08. The van der Waals surface area contributed by atoms with Crippen LogP contribution < -0.4 is 5.32 Å². The molecule has 20 heavy (non-hydrogen) atoms. The topological polar surface area (TPSA) is 90.4 Å². The van der Waals surface area contributed by atoms with Crippen LogP contribution in [-0.2, 0) is 20.7 Å². The molecule has 1 heterocycles. The molecule has 0 saturated carbocycles. The fourth-order valence-corrected chi connectivity index (χ4v) is 1.43. The second-order valence-corrected chi connectivity index (χ2v) is 5.13. The number of carbonyl (C=O) groups is 2. The van der Waals surface area contributed by atoms with Gasteiger partial charge in [0.15, 0.2) is 0 Å². The van der Waals surface area contributed by atoms with Crippen molar-refractivity contribution < 1.29 is 19.1 Å². The number of nitrogens with one attached hydrogen (secondary N) is 1. The van der Waals surface area contributed by atoms with Crippen molar-refractivity contribution >= 4 is 12.1 Å². The van der Waals surface area contributed by atoms with Gasteiger partial charge in [-0.3, -0.25) is 0 Å². The van der Waals surface area contributed by atoms with Gasteiger partial charge >= 0.3 is 12.1 Å². The molecule has 0 saturated heterocycles. The first-order valence-corrected chi connectivity index (χ1v) is 6.14. The van der Waals surface area contributed by atoms with E-state index in [4.69, 9.17) is 4.74 Å². The number of methoxy groups -OCH3 is 1. The smallest absolute Gasteiger partial charge is 0.408 e. The van der Waals surface area contributed by atoms with Gasteiger partial charge in [0.25, 0.3) is 0 Å². The van der Waals surface area contributed by atoms with Gasteiger partial charge in [0.05, 0.1) is 7.11 Å². The molecule has 1 aromatic heterocycles. The van der Waals surface area contributed by atoms with E-state index in [0.29, 0.717) is 5.69 Å². The summed E-state index contributed by atoms with van der Waals surface area (Å²) >= 11 is 0. The summed E-state index contributed by atoms with van der Waals surface area (Å²) in [4.78, 5) is 31.2. The Balaban J connectivity index is 2.70. The quantitative estimate of drug-likeness (QED) is 0.831. The third-order valence-corrected chi connectivity index (χ3v) is 2.23.